The zero-order valence-electron chi connectivity index (χ0n) is 9.88. The van der Waals surface area contributed by atoms with Gasteiger partial charge in [0.2, 0.25) is 0 Å². The second-order valence-electron chi connectivity index (χ2n) is 4.70. The van der Waals surface area contributed by atoms with Crippen molar-refractivity contribution in [3.63, 3.8) is 0 Å². The summed E-state index contributed by atoms with van der Waals surface area (Å²) in [4.78, 5) is 0. The van der Waals surface area contributed by atoms with Gasteiger partial charge in [-0.05, 0) is 25.3 Å². The molecule has 0 spiro atoms. The van der Waals surface area contributed by atoms with Crippen molar-refractivity contribution in [2.45, 2.75) is 51.0 Å². The Labute approximate surface area is 94.3 Å². The third kappa shape index (κ3) is 5.33. The van der Waals surface area contributed by atoms with Gasteiger partial charge in [0.15, 0.2) is 0 Å². The van der Waals surface area contributed by atoms with Crippen LogP contribution in [0.25, 0.3) is 0 Å². The molecule has 1 aliphatic rings. The molecule has 0 amide bonds. The Hall–Kier alpha value is -0.340. The quantitative estimate of drug-likeness (QED) is 0.500. The second kappa shape index (κ2) is 7.89. The van der Waals surface area contributed by atoms with Crippen LogP contribution in [0.5, 0.6) is 0 Å². The van der Waals surface area contributed by atoms with Gasteiger partial charge in [0.05, 0.1) is 0 Å². The van der Waals surface area contributed by atoms with E-state index in [0.29, 0.717) is 6.04 Å². The minimum absolute atomic E-state index is 0.521. The van der Waals surface area contributed by atoms with Crippen molar-refractivity contribution in [1.29, 1.82) is 0 Å². The third-order valence-corrected chi connectivity index (χ3v) is 3.41. The molecule has 0 aromatic heterocycles. The molecule has 15 heavy (non-hydrogen) atoms. The summed E-state index contributed by atoms with van der Waals surface area (Å²) in [5.41, 5.74) is 5.78. The van der Waals surface area contributed by atoms with Gasteiger partial charge in [-0.3, -0.25) is 0 Å². The minimum atomic E-state index is 0.521. The van der Waals surface area contributed by atoms with E-state index in [1.807, 2.05) is 6.08 Å². The van der Waals surface area contributed by atoms with Gasteiger partial charge >= 0.3 is 0 Å². The van der Waals surface area contributed by atoms with E-state index in [4.69, 9.17) is 5.73 Å². The molecule has 1 rings (SSSR count). The summed E-state index contributed by atoms with van der Waals surface area (Å²) in [6, 6.07) is 0.521. The van der Waals surface area contributed by atoms with Crippen molar-refractivity contribution in [2.24, 2.45) is 11.7 Å². The minimum Gasteiger partial charge on any atom is -0.329 e. The van der Waals surface area contributed by atoms with E-state index in [-0.39, 0.29) is 0 Å². The lowest BCUT2D eigenvalue weighted by atomic mass is 9.85. The first-order chi connectivity index (χ1) is 7.36. The SMILES string of the molecule is C=CCCNC(CN)CC1CCCCC1. The van der Waals surface area contributed by atoms with Crippen molar-refractivity contribution in [2.75, 3.05) is 13.1 Å². The molecule has 88 valence electrons. The van der Waals surface area contributed by atoms with Crippen molar-refractivity contribution >= 4 is 0 Å². The van der Waals surface area contributed by atoms with Crippen molar-refractivity contribution in [3.05, 3.63) is 12.7 Å². The van der Waals surface area contributed by atoms with Crippen LogP contribution >= 0.6 is 0 Å². The lowest BCUT2D eigenvalue weighted by Crippen LogP contribution is -2.38. The highest BCUT2D eigenvalue weighted by molar-refractivity contribution is 4.77. The Morgan fingerprint density at radius 2 is 2.07 bits per heavy atom. The fourth-order valence-electron chi connectivity index (χ4n) is 2.48. The molecule has 2 nitrogen and oxygen atoms in total. The van der Waals surface area contributed by atoms with E-state index in [0.717, 1.165) is 25.4 Å². The van der Waals surface area contributed by atoms with Gasteiger partial charge in [-0.2, -0.15) is 0 Å². The lowest BCUT2D eigenvalue weighted by Gasteiger charge is -2.26. The molecular weight excluding hydrogens is 184 g/mol. The molecule has 0 heterocycles. The van der Waals surface area contributed by atoms with E-state index in [2.05, 4.69) is 11.9 Å². The molecule has 1 unspecified atom stereocenters. The Kier molecular flexibility index (Phi) is 6.69. The predicted molar refractivity (Wildman–Crippen MR) is 66.9 cm³/mol. The van der Waals surface area contributed by atoms with Gasteiger partial charge in [0.25, 0.3) is 0 Å². The molecule has 3 N–H and O–H groups in total. The van der Waals surface area contributed by atoms with E-state index in [9.17, 15) is 0 Å². The average Bonchev–Trinajstić information content (AvgIpc) is 2.29. The first-order valence-corrected chi connectivity index (χ1v) is 6.41. The fourth-order valence-corrected chi connectivity index (χ4v) is 2.48. The monoisotopic (exact) mass is 210 g/mol. The van der Waals surface area contributed by atoms with Gasteiger partial charge in [0, 0.05) is 12.6 Å². The highest BCUT2D eigenvalue weighted by Crippen LogP contribution is 2.27. The van der Waals surface area contributed by atoms with Gasteiger partial charge in [-0.25, -0.2) is 0 Å². The summed E-state index contributed by atoms with van der Waals surface area (Å²) in [7, 11) is 0. The molecule has 1 saturated carbocycles. The zero-order chi connectivity index (χ0) is 10.9. The van der Waals surface area contributed by atoms with Crippen LogP contribution in [0.15, 0.2) is 12.7 Å². The standard InChI is InChI=1S/C13H26N2/c1-2-3-9-15-13(11-14)10-12-7-5-4-6-8-12/h2,12-13,15H,1,3-11,14H2. The molecule has 0 bridgehead atoms. The van der Waals surface area contributed by atoms with Gasteiger partial charge in [-0.15, -0.1) is 6.58 Å². The van der Waals surface area contributed by atoms with E-state index in [1.54, 1.807) is 0 Å². The maximum Gasteiger partial charge on any atom is 0.0193 e. The van der Waals surface area contributed by atoms with E-state index < -0.39 is 0 Å². The van der Waals surface area contributed by atoms with Gasteiger partial charge in [0.1, 0.15) is 0 Å². The Bertz CT molecular complexity index is 162. The maximum absolute atomic E-state index is 5.78. The molecule has 0 aromatic carbocycles. The lowest BCUT2D eigenvalue weighted by molar-refractivity contribution is 0.300. The fraction of sp³-hybridized carbons (Fsp3) is 0.846. The highest BCUT2D eigenvalue weighted by atomic mass is 14.9. The molecule has 1 fully saturated rings. The van der Waals surface area contributed by atoms with Crippen molar-refractivity contribution < 1.29 is 0 Å². The van der Waals surface area contributed by atoms with Crippen molar-refractivity contribution in [3.8, 4) is 0 Å². The summed E-state index contributed by atoms with van der Waals surface area (Å²) >= 11 is 0. The van der Waals surface area contributed by atoms with E-state index >= 15 is 0 Å². The number of hydrogen-bond acceptors (Lipinski definition) is 2. The Balaban J connectivity index is 2.16. The predicted octanol–water partition coefficient (Wildman–Crippen LogP) is 2.45. The molecule has 0 radical (unpaired) electrons. The second-order valence-corrected chi connectivity index (χ2v) is 4.70. The van der Waals surface area contributed by atoms with Crippen LogP contribution in [-0.4, -0.2) is 19.1 Å². The normalized spacial score (nSPS) is 20.1. The van der Waals surface area contributed by atoms with Gasteiger partial charge < -0.3 is 11.1 Å². The first-order valence-electron chi connectivity index (χ1n) is 6.41. The topological polar surface area (TPSA) is 38.0 Å². The summed E-state index contributed by atoms with van der Waals surface area (Å²) in [5.74, 6) is 0.920. The van der Waals surface area contributed by atoms with Crippen LogP contribution < -0.4 is 11.1 Å². The van der Waals surface area contributed by atoms with Crippen LogP contribution in [0.3, 0.4) is 0 Å². The highest BCUT2D eigenvalue weighted by Gasteiger charge is 2.17. The number of nitrogens with one attached hydrogen (secondary N) is 1. The number of hydrogen-bond donors (Lipinski definition) is 2. The summed E-state index contributed by atoms with van der Waals surface area (Å²) < 4.78 is 0. The largest absolute Gasteiger partial charge is 0.329 e. The molecular formula is C13H26N2. The van der Waals surface area contributed by atoms with Crippen LogP contribution in [0, 0.1) is 5.92 Å². The molecule has 0 aromatic rings. The summed E-state index contributed by atoms with van der Waals surface area (Å²) in [6.45, 7) is 5.53. The third-order valence-electron chi connectivity index (χ3n) is 3.41. The Morgan fingerprint density at radius 3 is 2.67 bits per heavy atom. The maximum atomic E-state index is 5.78. The smallest absolute Gasteiger partial charge is 0.0193 e. The molecule has 1 aliphatic carbocycles. The zero-order valence-corrected chi connectivity index (χ0v) is 9.88. The van der Waals surface area contributed by atoms with Crippen LogP contribution in [0.4, 0.5) is 0 Å². The summed E-state index contributed by atoms with van der Waals surface area (Å²) in [5, 5.41) is 3.52. The average molecular weight is 210 g/mol. The van der Waals surface area contributed by atoms with Crippen molar-refractivity contribution in [1.82, 2.24) is 5.32 Å². The van der Waals surface area contributed by atoms with Crippen LogP contribution in [-0.2, 0) is 0 Å². The summed E-state index contributed by atoms with van der Waals surface area (Å²) in [6.07, 6.45) is 11.4. The molecule has 0 saturated heterocycles. The number of nitrogens with two attached hydrogens (primary N) is 1. The molecule has 1 atom stereocenters. The number of rotatable bonds is 7. The van der Waals surface area contributed by atoms with E-state index in [1.165, 1.54) is 38.5 Å². The molecule has 2 heteroatoms. The van der Waals surface area contributed by atoms with Crippen LogP contribution in [0.1, 0.15) is 44.9 Å². The van der Waals surface area contributed by atoms with Crippen LogP contribution in [0.2, 0.25) is 0 Å². The first kappa shape index (κ1) is 12.7. The Morgan fingerprint density at radius 1 is 1.33 bits per heavy atom. The molecule has 0 aliphatic heterocycles. The van der Waals surface area contributed by atoms with Gasteiger partial charge in [-0.1, -0.05) is 38.2 Å².